The molecule has 0 amide bonds. The van der Waals surface area contributed by atoms with Crippen LogP contribution in [-0.2, 0) is 85.8 Å². The molecule has 0 unspecified atom stereocenters. The highest BCUT2D eigenvalue weighted by Gasteiger charge is 2.59. The van der Waals surface area contributed by atoms with Crippen LogP contribution < -0.4 is 56.8 Å². The number of esters is 6. The van der Waals surface area contributed by atoms with Crippen molar-refractivity contribution in [1.29, 1.82) is 0 Å². The summed E-state index contributed by atoms with van der Waals surface area (Å²) in [4.78, 5) is 111. The summed E-state index contributed by atoms with van der Waals surface area (Å²) < 4.78 is 122. The first-order chi connectivity index (χ1) is 66.9. The highest BCUT2D eigenvalue weighted by atomic mass is 16.7. The van der Waals surface area contributed by atoms with Crippen LogP contribution in [0.5, 0.6) is 69.0 Å². The zero-order valence-corrected chi connectivity index (χ0v) is 81.2. The molecule has 3 aromatic heterocycles. The topological polar surface area (TPSA) is 380 Å². The van der Waals surface area contributed by atoms with Gasteiger partial charge in [-0.2, -0.15) is 0 Å². The number of aromatic nitrogens is 3. The van der Waals surface area contributed by atoms with E-state index in [2.05, 4.69) is 47.9 Å². The molecular weight excluding hydrogens is 1790 g/mol. The average molecular weight is 1910 g/mol. The molecule has 6 aliphatic heterocycles. The first-order valence-electron chi connectivity index (χ1n) is 46.5. The minimum Gasteiger partial charge on any atom is -0.497 e. The lowest BCUT2D eigenvalue weighted by Gasteiger charge is -2.52. The first kappa shape index (κ1) is 98.4. The Balaban J connectivity index is 0.000000150. The van der Waals surface area contributed by atoms with Crippen molar-refractivity contribution in [2.45, 2.75) is 119 Å². The lowest BCUT2D eigenvalue weighted by atomic mass is 9.63. The molecule has 18 rings (SSSR count). The van der Waals surface area contributed by atoms with Gasteiger partial charge in [0.25, 0.3) is 0 Å². The highest BCUT2D eigenvalue weighted by Crippen LogP contribution is 2.56. The Morgan fingerprint density at radius 1 is 0.370 bits per heavy atom. The summed E-state index contributed by atoms with van der Waals surface area (Å²) in [7, 11) is 25.6. The summed E-state index contributed by atoms with van der Waals surface area (Å²) in [6, 6.07) is 28.2. The Morgan fingerprint density at radius 2 is 0.688 bits per heavy atom. The van der Waals surface area contributed by atoms with E-state index in [1.54, 1.807) is 72.8 Å². The third kappa shape index (κ3) is 19.0. The van der Waals surface area contributed by atoms with E-state index in [0.717, 1.165) is 112 Å². The van der Waals surface area contributed by atoms with Crippen molar-refractivity contribution >= 4 is 80.8 Å². The van der Waals surface area contributed by atoms with Crippen LogP contribution in [0, 0.1) is 53.3 Å². The standard InChI is InChI=1S/C35H42N2O11.C35H42N2O9.C33H40N2O9/c1-7-46-35(40)48-31-26(42-3)12-18(13-27(31)43-4)33(38)47-28-14-19-17-37-11-10-22-21-9-8-20(41-2)15-24(21)36-30(22)25(37)16-23(19)29(32(28)44-5)34(39)45-6;1-40-21-8-9-22-23-11-12-37-18-20-15-29(46-30(38)10-7-19-13-27(41-2)33(43-4)28(14-19)42-3)34(44-5)31(35(39)45-6)24(20)17-26(37)32(23)36-25(22)16-21;1-38-19-7-8-20-21-9-10-35-16-18-13-27(44-32(36)17-11-25(39-2)30(41-4)26(12-17)40-3)31(42-5)28(33(37)43-6)22(18)15-24(35)29(21)34-23(20)14-19/h8-9,12-13,15,19,23,25,28-29,32,36H,7,10-11,14,16-17H2,1-6H3;7-10,13-14,16,20,24,26,29,31,34,36H,11-12,15,17-18H2,1-6H3;7-8,11-12,14,18,22,24,27-28,31,34H,9-10,13,15-16H2,1-6H3/b;10-7+;/t19-,23+,25-,28-,29+,32+;20-,24+,26-,29-,31+,34+;18-,22+,24-,27-,28+,31+/m111/s1. The third-order valence-electron chi connectivity index (χ3n) is 29.7. The van der Waals surface area contributed by atoms with E-state index in [1.807, 2.05) is 36.4 Å². The fraction of sp³-hybridized carbons (Fsp3) is 0.505. The molecule has 0 radical (unpaired) electrons. The fourth-order valence-corrected chi connectivity index (χ4v) is 23.6. The number of hydrogen-bond donors (Lipinski definition) is 3. The van der Waals surface area contributed by atoms with Gasteiger partial charge in [0.1, 0.15) is 53.9 Å². The maximum atomic E-state index is 13.7. The smallest absolute Gasteiger partial charge is 0.497 e. The van der Waals surface area contributed by atoms with Gasteiger partial charge in [-0.1, -0.05) is 0 Å². The number of nitrogens with zero attached hydrogens (tertiary/aromatic N) is 3. The van der Waals surface area contributed by atoms with Gasteiger partial charge < -0.3 is 119 Å². The molecule has 3 saturated heterocycles. The summed E-state index contributed by atoms with van der Waals surface area (Å²) >= 11 is 0. The molecule has 3 saturated carbocycles. The van der Waals surface area contributed by atoms with Gasteiger partial charge in [0.2, 0.25) is 17.2 Å². The molecule has 35 nitrogen and oxygen atoms in total. The molecule has 0 bridgehead atoms. The monoisotopic (exact) mass is 1910 g/mol. The number of carbonyl (C=O) groups excluding carboxylic acids is 7. The maximum Gasteiger partial charge on any atom is 0.514 e. The number of ether oxygens (including phenoxy) is 22. The number of carbonyl (C=O) groups is 7. The quantitative estimate of drug-likeness (QED) is 0.0196. The molecule has 9 aliphatic rings. The van der Waals surface area contributed by atoms with Crippen LogP contribution in [0.25, 0.3) is 38.8 Å². The van der Waals surface area contributed by atoms with Crippen LogP contribution in [0.2, 0.25) is 0 Å². The van der Waals surface area contributed by atoms with E-state index < -0.39 is 84.4 Å². The Morgan fingerprint density at radius 3 is 0.986 bits per heavy atom. The fourth-order valence-electron chi connectivity index (χ4n) is 23.6. The molecule has 6 fully saturated rings. The van der Waals surface area contributed by atoms with Crippen molar-refractivity contribution in [2.24, 2.45) is 53.3 Å². The lowest BCUT2D eigenvalue weighted by Crippen LogP contribution is -2.58. The Bertz CT molecular complexity index is 5930. The Labute approximate surface area is 800 Å². The van der Waals surface area contributed by atoms with Crippen LogP contribution >= 0.6 is 0 Å². The predicted molar refractivity (Wildman–Crippen MR) is 503 cm³/mol. The van der Waals surface area contributed by atoms with Crippen LogP contribution in [0.15, 0.2) is 97.1 Å². The Kier molecular flexibility index (Phi) is 30.5. The van der Waals surface area contributed by atoms with E-state index in [1.165, 1.54) is 153 Å². The molecule has 3 N–H and O–H groups in total. The summed E-state index contributed by atoms with van der Waals surface area (Å²) in [5.41, 5.74) is 11.7. The second-order valence-corrected chi connectivity index (χ2v) is 36.1. The van der Waals surface area contributed by atoms with E-state index in [4.69, 9.17) is 104 Å². The molecule has 6 aromatic carbocycles. The first-order valence-corrected chi connectivity index (χ1v) is 46.5. The third-order valence-corrected chi connectivity index (χ3v) is 29.7. The largest absolute Gasteiger partial charge is 0.514 e. The Hall–Kier alpha value is -12.7. The number of benzene rings is 6. The summed E-state index contributed by atoms with van der Waals surface area (Å²) in [5, 5.41) is 3.62. The van der Waals surface area contributed by atoms with Gasteiger partial charge in [0.15, 0.2) is 34.5 Å². The highest BCUT2D eigenvalue weighted by molar-refractivity contribution is 5.94. The zero-order chi connectivity index (χ0) is 97.8. The van der Waals surface area contributed by atoms with Crippen molar-refractivity contribution in [3.05, 3.63) is 148 Å². The summed E-state index contributed by atoms with van der Waals surface area (Å²) in [6.45, 7) is 6.75. The number of hydrogen-bond acceptors (Lipinski definition) is 32. The zero-order valence-electron chi connectivity index (χ0n) is 81.2. The number of nitrogens with one attached hydrogen (secondary N) is 3. The van der Waals surface area contributed by atoms with Crippen molar-refractivity contribution in [3.8, 4) is 69.0 Å². The van der Waals surface area contributed by atoms with Gasteiger partial charge in [-0.05, 0) is 201 Å². The minimum absolute atomic E-state index is 0.00438. The van der Waals surface area contributed by atoms with E-state index in [-0.39, 0.29) is 101 Å². The molecule has 740 valence electrons. The molecule has 18 atom stereocenters. The normalized spacial score (nSPS) is 25.5. The lowest BCUT2D eigenvalue weighted by molar-refractivity contribution is -0.187. The number of aromatic amines is 3. The number of fused-ring (bicyclic) bond motifs is 18. The summed E-state index contributed by atoms with van der Waals surface area (Å²) in [5.74, 6) is 0.481. The van der Waals surface area contributed by atoms with Gasteiger partial charge in [0, 0.05) is 135 Å². The van der Waals surface area contributed by atoms with E-state index in [9.17, 15) is 33.6 Å². The second kappa shape index (κ2) is 42.7. The van der Waals surface area contributed by atoms with Crippen LogP contribution in [0.3, 0.4) is 0 Å². The molecule has 9 aromatic rings. The van der Waals surface area contributed by atoms with E-state index >= 15 is 0 Å². The van der Waals surface area contributed by atoms with Crippen molar-refractivity contribution in [1.82, 2.24) is 29.7 Å². The van der Waals surface area contributed by atoms with Crippen LogP contribution in [0.1, 0.15) is 124 Å². The van der Waals surface area contributed by atoms with Crippen molar-refractivity contribution in [3.63, 3.8) is 0 Å². The molecule has 138 heavy (non-hydrogen) atoms. The SMILES string of the molecule is CCOC(=O)Oc1c(OC)cc(C(=O)O[C@@H]2C[C@@H]3CN4CCc5c([nH]c6cc(OC)ccc56)[C@H]4C[C@@H]3[C@H](C(=O)OC)[C@H]2OC)cc1OC.COC(=O)[C@H]1[C@H]2C[C@@H]3c4[nH]c5cc(OC)ccc5c4CCN3C[C@H]2C[C@@H](OC(=O)/C=C/c2cc(OC)c(OC)c(OC)c2)[C@@H]1OC.COC(=O)[C@H]1[C@H]2C[C@@H]3c4[nH]c5cc(OC)ccc5c4CCN3C[C@H]2C[C@@H](OC(=O)c2cc(OC)c(OC)c(OC)c2)[C@@H]1OC. The van der Waals surface area contributed by atoms with Gasteiger partial charge in [-0.15, -0.1) is 0 Å². The minimum atomic E-state index is -0.942. The number of H-pyrrole nitrogens is 3. The van der Waals surface area contributed by atoms with Gasteiger partial charge in [-0.3, -0.25) is 29.1 Å². The van der Waals surface area contributed by atoms with Gasteiger partial charge in [0.05, 0.1) is 153 Å². The van der Waals surface area contributed by atoms with Crippen molar-refractivity contribution in [2.75, 3.05) is 167 Å². The molecule has 3 aliphatic carbocycles. The molecule has 0 spiro atoms. The molecule has 35 heteroatoms. The molecular formula is C103H124N6O29. The van der Waals surface area contributed by atoms with Gasteiger partial charge >= 0.3 is 42.0 Å². The second-order valence-electron chi connectivity index (χ2n) is 36.1. The van der Waals surface area contributed by atoms with E-state index in [0.29, 0.717) is 59.3 Å². The number of methoxy groups -OCH3 is 17. The average Bonchev–Trinajstić information content (AvgIpc) is 1.48. The van der Waals surface area contributed by atoms with Crippen LogP contribution in [0.4, 0.5) is 4.79 Å². The molecule has 9 heterocycles. The number of piperidine rings is 3. The maximum absolute atomic E-state index is 13.7. The predicted octanol–water partition coefficient (Wildman–Crippen LogP) is 13.4. The number of rotatable bonds is 26. The van der Waals surface area contributed by atoms with Crippen molar-refractivity contribution < 1.29 is 138 Å². The van der Waals surface area contributed by atoms with Gasteiger partial charge in [-0.25, -0.2) is 19.2 Å². The summed E-state index contributed by atoms with van der Waals surface area (Å²) in [6.07, 6.45) is 4.63. The van der Waals surface area contributed by atoms with Crippen LogP contribution in [-0.4, -0.2) is 275 Å².